The van der Waals surface area contributed by atoms with Crippen molar-refractivity contribution in [3.8, 4) is 11.8 Å². The number of benzene rings is 1. The predicted octanol–water partition coefficient (Wildman–Crippen LogP) is 3.10. The fourth-order valence-electron chi connectivity index (χ4n) is 6.80. The molecule has 0 bridgehead atoms. The van der Waals surface area contributed by atoms with Gasteiger partial charge in [0.25, 0.3) is 0 Å². The predicted molar refractivity (Wildman–Crippen MR) is 157 cm³/mol. The van der Waals surface area contributed by atoms with E-state index in [0.717, 1.165) is 88.6 Å². The van der Waals surface area contributed by atoms with Crippen LogP contribution >= 0.6 is 0 Å². The Bertz CT molecular complexity index is 1220. The van der Waals surface area contributed by atoms with Crippen molar-refractivity contribution < 1.29 is 14.3 Å². The summed E-state index contributed by atoms with van der Waals surface area (Å²) in [5.74, 6) is 1.92. The molecule has 0 saturated carbocycles. The van der Waals surface area contributed by atoms with Gasteiger partial charge in [0.2, 0.25) is 5.91 Å². The Kier molecular flexibility index (Phi) is 8.09. The van der Waals surface area contributed by atoms with Crippen LogP contribution in [0.5, 0.6) is 11.8 Å². The number of hydrogen-bond acceptors (Lipinski definition) is 8. The summed E-state index contributed by atoms with van der Waals surface area (Å²) in [5, 5.41) is 0. The molecule has 1 aliphatic carbocycles. The molecule has 40 heavy (non-hydrogen) atoms. The lowest BCUT2D eigenvalue weighted by Gasteiger charge is -2.41. The Hall–Kier alpha value is -3.33. The van der Waals surface area contributed by atoms with Gasteiger partial charge in [-0.15, -0.1) is 0 Å². The third kappa shape index (κ3) is 5.61. The van der Waals surface area contributed by atoms with Crippen LogP contribution in [0.3, 0.4) is 0 Å². The number of aromatic nitrogens is 2. The Morgan fingerprint density at radius 2 is 1.88 bits per heavy atom. The molecule has 3 aliphatic heterocycles. The van der Waals surface area contributed by atoms with Gasteiger partial charge in [-0.1, -0.05) is 6.58 Å². The van der Waals surface area contributed by atoms with E-state index in [1.807, 2.05) is 4.90 Å². The van der Waals surface area contributed by atoms with Gasteiger partial charge in [0.05, 0.1) is 12.8 Å². The highest BCUT2D eigenvalue weighted by atomic mass is 16.5. The molecule has 6 rings (SSSR count). The van der Waals surface area contributed by atoms with Gasteiger partial charge in [0.15, 0.2) is 0 Å². The molecule has 2 aromatic rings. The molecule has 1 amide bonds. The summed E-state index contributed by atoms with van der Waals surface area (Å²) < 4.78 is 11.7. The monoisotopic (exact) mass is 546 g/mol. The molecule has 4 heterocycles. The number of rotatable bonds is 8. The zero-order valence-corrected chi connectivity index (χ0v) is 23.8. The maximum atomic E-state index is 12.2. The number of methoxy groups -OCH3 is 1. The topological polar surface area (TPSA) is 74.3 Å². The summed E-state index contributed by atoms with van der Waals surface area (Å²) in [6.45, 7) is 11.4. The first-order chi connectivity index (χ1) is 19.6. The average Bonchev–Trinajstić information content (AvgIpc) is 3.53. The highest BCUT2D eigenvalue weighted by molar-refractivity contribution is 5.87. The van der Waals surface area contributed by atoms with Crippen molar-refractivity contribution in [2.24, 2.45) is 0 Å². The molecule has 0 spiro atoms. The van der Waals surface area contributed by atoms with Gasteiger partial charge in [-0.2, -0.15) is 9.97 Å². The number of fused-ring (bicyclic) bond motifs is 2. The Morgan fingerprint density at radius 1 is 1.05 bits per heavy atom. The zero-order valence-electron chi connectivity index (χ0n) is 23.8. The fourth-order valence-corrected chi connectivity index (χ4v) is 6.80. The van der Waals surface area contributed by atoms with Crippen LogP contribution in [0.2, 0.25) is 0 Å². The molecule has 0 radical (unpaired) electrons. The second kappa shape index (κ2) is 12.0. The number of aryl methyl sites for hydroxylation is 1. The van der Waals surface area contributed by atoms with Crippen LogP contribution in [0, 0.1) is 0 Å². The molecular weight excluding hydrogens is 504 g/mol. The first-order valence-electron chi connectivity index (χ1n) is 15.0. The molecular formula is C31H42N6O3. The molecule has 1 unspecified atom stereocenters. The molecule has 0 N–H and O–H groups in total. The summed E-state index contributed by atoms with van der Waals surface area (Å²) in [6, 6.07) is 7.38. The van der Waals surface area contributed by atoms with E-state index in [1.54, 1.807) is 7.11 Å². The summed E-state index contributed by atoms with van der Waals surface area (Å²) in [6.07, 6.45) is 9.08. The molecule has 9 heteroatoms. The number of carbonyl (C=O) groups is 1. The highest BCUT2D eigenvalue weighted by Crippen LogP contribution is 2.37. The van der Waals surface area contributed by atoms with Crippen molar-refractivity contribution in [2.45, 2.75) is 51.0 Å². The molecule has 214 valence electrons. The maximum absolute atomic E-state index is 12.2. The first-order valence-corrected chi connectivity index (χ1v) is 15.0. The number of piperazine rings is 1. The molecule has 4 aliphatic rings. The van der Waals surface area contributed by atoms with E-state index < -0.39 is 0 Å². The Balaban J connectivity index is 1.24. The van der Waals surface area contributed by atoms with Gasteiger partial charge < -0.3 is 24.2 Å². The minimum Gasteiger partial charge on any atom is -0.497 e. The lowest BCUT2D eigenvalue weighted by Crippen LogP contribution is -2.49. The normalized spacial score (nSPS) is 21.1. The van der Waals surface area contributed by atoms with Crippen LogP contribution in [0.25, 0.3) is 0 Å². The second-order valence-electron chi connectivity index (χ2n) is 11.4. The Morgan fingerprint density at radius 3 is 2.65 bits per heavy atom. The number of hydrogen-bond donors (Lipinski definition) is 0. The minimum absolute atomic E-state index is 0.00224. The van der Waals surface area contributed by atoms with E-state index in [1.165, 1.54) is 35.7 Å². The SMILES string of the molecule is C=CC(=O)N1CCN(c2nc(OCCN3CCCC3)nc3c2CCC(N2CCCc4cc(OC)ccc42)C3)CC1. The number of anilines is 2. The molecule has 1 aromatic carbocycles. The summed E-state index contributed by atoms with van der Waals surface area (Å²) in [4.78, 5) is 31.4. The van der Waals surface area contributed by atoms with E-state index in [9.17, 15) is 4.79 Å². The molecule has 1 atom stereocenters. The van der Waals surface area contributed by atoms with E-state index in [2.05, 4.69) is 39.5 Å². The molecule has 9 nitrogen and oxygen atoms in total. The fraction of sp³-hybridized carbons (Fsp3) is 0.581. The van der Waals surface area contributed by atoms with Crippen molar-refractivity contribution in [2.75, 3.05) is 75.9 Å². The standard InChI is InChI=1S/C31H42N6O3/c1-3-29(38)35-15-17-36(18-16-35)30-26-10-8-24(37-14-6-7-23-21-25(39-2)9-11-28(23)37)22-27(26)32-31(33-30)40-20-19-34-12-4-5-13-34/h3,9,11,21,24H,1,4-8,10,12-20,22H2,2H3. The van der Waals surface area contributed by atoms with Crippen molar-refractivity contribution in [1.29, 1.82) is 0 Å². The number of carbonyl (C=O) groups excluding carboxylic acids is 1. The number of nitrogens with zero attached hydrogens (tertiary/aromatic N) is 6. The van der Waals surface area contributed by atoms with Gasteiger partial charge >= 0.3 is 6.01 Å². The Labute approximate surface area is 237 Å². The van der Waals surface area contributed by atoms with Crippen LogP contribution in [-0.2, 0) is 24.1 Å². The van der Waals surface area contributed by atoms with Crippen LogP contribution < -0.4 is 19.3 Å². The molecule has 2 fully saturated rings. The van der Waals surface area contributed by atoms with E-state index in [-0.39, 0.29) is 5.91 Å². The van der Waals surface area contributed by atoms with Crippen LogP contribution in [0.15, 0.2) is 30.9 Å². The summed E-state index contributed by atoms with van der Waals surface area (Å²) in [5.41, 5.74) is 5.07. The number of likely N-dealkylation sites (tertiary alicyclic amines) is 1. The highest BCUT2D eigenvalue weighted by Gasteiger charge is 2.33. The lowest BCUT2D eigenvalue weighted by atomic mass is 9.88. The van der Waals surface area contributed by atoms with Crippen LogP contribution in [-0.4, -0.2) is 97.8 Å². The zero-order chi connectivity index (χ0) is 27.5. The van der Waals surface area contributed by atoms with E-state index in [0.29, 0.717) is 31.7 Å². The first kappa shape index (κ1) is 26.9. The van der Waals surface area contributed by atoms with Gasteiger partial charge in [-0.3, -0.25) is 9.69 Å². The van der Waals surface area contributed by atoms with Crippen LogP contribution in [0.4, 0.5) is 11.5 Å². The van der Waals surface area contributed by atoms with Crippen molar-refractivity contribution in [3.05, 3.63) is 47.7 Å². The second-order valence-corrected chi connectivity index (χ2v) is 11.4. The largest absolute Gasteiger partial charge is 0.497 e. The van der Waals surface area contributed by atoms with Gasteiger partial charge in [-0.25, -0.2) is 0 Å². The third-order valence-electron chi connectivity index (χ3n) is 8.99. The van der Waals surface area contributed by atoms with Gasteiger partial charge in [-0.05, 0) is 81.5 Å². The van der Waals surface area contributed by atoms with Gasteiger partial charge in [0.1, 0.15) is 18.2 Å². The maximum Gasteiger partial charge on any atom is 0.318 e. The quantitative estimate of drug-likeness (QED) is 0.468. The molecule has 2 saturated heterocycles. The smallest absolute Gasteiger partial charge is 0.318 e. The number of amides is 1. The minimum atomic E-state index is -0.00224. The molecule has 1 aromatic heterocycles. The summed E-state index contributed by atoms with van der Waals surface area (Å²) in [7, 11) is 1.74. The van der Waals surface area contributed by atoms with E-state index >= 15 is 0 Å². The van der Waals surface area contributed by atoms with Crippen LogP contribution in [0.1, 0.15) is 42.5 Å². The summed E-state index contributed by atoms with van der Waals surface area (Å²) >= 11 is 0. The van der Waals surface area contributed by atoms with Crippen molar-refractivity contribution in [1.82, 2.24) is 19.8 Å². The van der Waals surface area contributed by atoms with Gasteiger partial charge in [0, 0.05) is 63.0 Å². The average molecular weight is 547 g/mol. The number of ether oxygens (including phenoxy) is 2. The van der Waals surface area contributed by atoms with Crippen molar-refractivity contribution >= 4 is 17.4 Å². The van der Waals surface area contributed by atoms with Crippen molar-refractivity contribution in [3.63, 3.8) is 0 Å². The van der Waals surface area contributed by atoms with E-state index in [4.69, 9.17) is 19.4 Å². The lowest BCUT2D eigenvalue weighted by molar-refractivity contribution is -0.126. The third-order valence-corrected chi connectivity index (χ3v) is 8.99.